The molecule has 0 spiro atoms. The van der Waals surface area contributed by atoms with Crippen LogP contribution in [0.3, 0.4) is 0 Å². The average Bonchev–Trinajstić information content (AvgIpc) is 2.48. The first-order valence-corrected chi connectivity index (χ1v) is 9.57. The lowest BCUT2D eigenvalue weighted by molar-refractivity contribution is -0.114. The minimum absolute atomic E-state index is 0.245. The molecule has 0 atom stereocenters. The van der Waals surface area contributed by atoms with Gasteiger partial charge in [0.25, 0.3) is 0 Å². The zero-order chi connectivity index (χ0) is 17.9. The number of rotatable bonds is 5. The quantitative estimate of drug-likeness (QED) is 0.851. The number of hydrogen-bond donors (Lipinski definition) is 1. The Balaban J connectivity index is 2.26. The second kappa shape index (κ2) is 7.42. The van der Waals surface area contributed by atoms with Gasteiger partial charge in [-0.3, -0.25) is 9.10 Å². The molecule has 24 heavy (non-hydrogen) atoms. The zero-order valence-corrected chi connectivity index (χ0v) is 15.4. The maximum atomic E-state index is 12.3. The van der Waals surface area contributed by atoms with Gasteiger partial charge in [-0.05, 0) is 36.8 Å². The van der Waals surface area contributed by atoms with E-state index < -0.39 is 22.5 Å². The molecule has 0 fully saturated rings. The van der Waals surface area contributed by atoms with Gasteiger partial charge in [0, 0.05) is 10.7 Å². The first-order chi connectivity index (χ1) is 11.2. The summed E-state index contributed by atoms with van der Waals surface area (Å²) >= 11 is 12.0. The number of para-hydroxylation sites is 1. The summed E-state index contributed by atoms with van der Waals surface area (Å²) in [5.74, 6) is -0.495. The number of anilines is 2. The van der Waals surface area contributed by atoms with Gasteiger partial charge in [0.15, 0.2) is 0 Å². The van der Waals surface area contributed by atoms with Crippen molar-refractivity contribution in [1.29, 1.82) is 0 Å². The molecule has 0 radical (unpaired) electrons. The summed E-state index contributed by atoms with van der Waals surface area (Å²) < 4.78 is 25.1. The molecule has 0 aliphatic rings. The number of amides is 1. The molecule has 0 aliphatic heterocycles. The number of hydrogen-bond acceptors (Lipinski definition) is 3. The Morgan fingerprint density at radius 2 is 1.83 bits per heavy atom. The van der Waals surface area contributed by atoms with E-state index in [-0.39, 0.29) is 10.7 Å². The van der Waals surface area contributed by atoms with Crippen LogP contribution in [0.5, 0.6) is 0 Å². The summed E-state index contributed by atoms with van der Waals surface area (Å²) in [6.45, 7) is 1.42. The highest BCUT2D eigenvalue weighted by atomic mass is 35.5. The van der Waals surface area contributed by atoms with Gasteiger partial charge < -0.3 is 5.32 Å². The molecular weight excluding hydrogens is 371 g/mol. The number of sulfonamides is 1. The highest BCUT2D eigenvalue weighted by molar-refractivity contribution is 7.92. The lowest BCUT2D eigenvalue weighted by Crippen LogP contribution is -2.37. The van der Waals surface area contributed by atoms with Crippen LogP contribution in [0, 0.1) is 6.92 Å². The lowest BCUT2D eigenvalue weighted by Gasteiger charge is -2.23. The molecule has 5 nitrogen and oxygen atoms in total. The van der Waals surface area contributed by atoms with Crippen molar-refractivity contribution in [3.8, 4) is 0 Å². The van der Waals surface area contributed by atoms with E-state index in [0.29, 0.717) is 10.7 Å². The standard InChI is InChI=1S/C16H16Cl2N2O3S/c1-11-7-8-12(17)9-14(11)19-16(21)10-20(24(2,22)23)15-6-4-3-5-13(15)18/h3-9H,10H2,1-2H3,(H,19,21). The van der Waals surface area contributed by atoms with Crippen molar-refractivity contribution in [2.45, 2.75) is 6.92 Å². The van der Waals surface area contributed by atoms with Gasteiger partial charge in [-0.15, -0.1) is 0 Å². The third kappa shape index (κ3) is 4.63. The molecule has 0 aromatic heterocycles. The van der Waals surface area contributed by atoms with Crippen LogP contribution in [0.2, 0.25) is 10.0 Å². The van der Waals surface area contributed by atoms with Crippen molar-refractivity contribution in [2.24, 2.45) is 0 Å². The zero-order valence-electron chi connectivity index (χ0n) is 13.1. The van der Waals surface area contributed by atoms with Gasteiger partial charge in [-0.1, -0.05) is 41.4 Å². The Morgan fingerprint density at radius 3 is 2.46 bits per heavy atom. The molecule has 0 bridgehead atoms. The molecule has 128 valence electrons. The molecule has 0 saturated heterocycles. The number of nitrogens with one attached hydrogen (secondary N) is 1. The molecular formula is C16H16Cl2N2O3S. The van der Waals surface area contributed by atoms with Crippen molar-refractivity contribution in [1.82, 2.24) is 0 Å². The summed E-state index contributed by atoms with van der Waals surface area (Å²) in [6.07, 6.45) is 1.02. The van der Waals surface area contributed by atoms with Crippen LogP contribution in [-0.2, 0) is 14.8 Å². The normalized spacial score (nSPS) is 11.2. The van der Waals surface area contributed by atoms with E-state index in [1.165, 1.54) is 0 Å². The second-order valence-electron chi connectivity index (χ2n) is 5.23. The molecule has 0 unspecified atom stereocenters. The van der Waals surface area contributed by atoms with Crippen LogP contribution in [0.25, 0.3) is 0 Å². The number of nitrogens with zero attached hydrogens (tertiary/aromatic N) is 1. The monoisotopic (exact) mass is 386 g/mol. The maximum Gasteiger partial charge on any atom is 0.245 e. The van der Waals surface area contributed by atoms with E-state index in [1.54, 1.807) is 42.5 Å². The van der Waals surface area contributed by atoms with Crippen LogP contribution in [0.1, 0.15) is 5.56 Å². The predicted octanol–water partition coefficient (Wildman–Crippen LogP) is 3.71. The molecule has 1 N–H and O–H groups in total. The van der Waals surface area contributed by atoms with Gasteiger partial charge in [-0.25, -0.2) is 8.42 Å². The number of halogens is 2. The second-order valence-corrected chi connectivity index (χ2v) is 7.98. The fraction of sp³-hybridized carbons (Fsp3) is 0.188. The van der Waals surface area contributed by atoms with E-state index >= 15 is 0 Å². The predicted molar refractivity (Wildman–Crippen MR) is 98.5 cm³/mol. The third-order valence-corrected chi connectivity index (χ3v) is 4.96. The highest BCUT2D eigenvalue weighted by Crippen LogP contribution is 2.27. The van der Waals surface area contributed by atoms with Crippen LogP contribution in [-0.4, -0.2) is 27.1 Å². The Bertz CT molecular complexity index is 869. The summed E-state index contributed by atoms with van der Waals surface area (Å²) in [6, 6.07) is 11.5. The number of benzene rings is 2. The molecule has 2 aromatic carbocycles. The Morgan fingerprint density at radius 1 is 1.17 bits per heavy atom. The molecule has 2 rings (SSSR count). The highest BCUT2D eigenvalue weighted by Gasteiger charge is 2.23. The Labute approximate surface area is 151 Å². The molecule has 1 amide bonds. The van der Waals surface area contributed by atoms with Crippen molar-refractivity contribution in [3.63, 3.8) is 0 Å². The third-order valence-electron chi connectivity index (χ3n) is 3.28. The minimum Gasteiger partial charge on any atom is -0.324 e. The average molecular weight is 387 g/mol. The molecule has 0 aliphatic carbocycles. The Hall–Kier alpha value is -1.76. The molecule has 8 heteroatoms. The maximum absolute atomic E-state index is 12.3. The summed E-state index contributed by atoms with van der Waals surface area (Å²) in [4.78, 5) is 12.3. The summed E-state index contributed by atoms with van der Waals surface area (Å²) in [5.41, 5.74) is 1.59. The van der Waals surface area contributed by atoms with Crippen LogP contribution in [0.15, 0.2) is 42.5 Å². The smallest absolute Gasteiger partial charge is 0.245 e. The first kappa shape index (κ1) is 18.6. The van der Waals surface area contributed by atoms with Gasteiger partial charge in [-0.2, -0.15) is 0 Å². The van der Waals surface area contributed by atoms with E-state index in [1.807, 2.05) is 6.92 Å². The molecule has 0 heterocycles. The van der Waals surface area contributed by atoms with Crippen LogP contribution >= 0.6 is 23.2 Å². The number of carbonyl (C=O) groups is 1. The minimum atomic E-state index is -3.68. The largest absolute Gasteiger partial charge is 0.324 e. The first-order valence-electron chi connectivity index (χ1n) is 6.97. The van der Waals surface area contributed by atoms with Gasteiger partial charge in [0.1, 0.15) is 6.54 Å². The number of aryl methyl sites for hydroxylation is 1. The van der Waals surface area contributed by atoms with E-state index in [4.69, 9.17) is 23.2 Å². The van der Waals surface area contributed by atoms with E-state index in [2.05, 4.69) is 5.32 Å². The van der Waals surface area contributed by atoms with E-state index in [9.17, 15) is 13.2 Å². The van der Waals surface area contributed by atoms with Crippen molar-refractivity contribution < 1.29 is 13.2 Å². The molecule has 2 aromatic rings. The summed E-state index contributed by atoms with van der Waals surface area (Å²) in [5, 5.41) is 3.39. The Kier molecular flexibility index (Phi) is 5.74. The van der Waals surface area contributed by atoms with Crippen LogP contribution in [0.4, 0.5) is 11.4 Å². The topological polar surface area (TPSA) is 66.5 Å². The van der Waals surface area contributed by atoms with Gasteiger partial charge in [0.2, 0.25) is 15.9 Å². The van der Waals surface area contributed by atoms with Crippen molar-refractivity contribution >= 4 is 50.5 Å². The van der Waals surface area contributed by atoms with Crippen molar-refractivity contribution in [3.05, 3.63) is 58.1 Å². The SMILES string of the molecule is Cc1ccc(Cl)cc1NC(=O)CN(c1ccccc1Cl)S(C)(=O)=O. The van der Waals surface area contributed by atoms with E-state index in [0.717, 1.165) is 16.1 Å². The fourth-order valence-corrected chi connectivity index (χ4v) is 3.41. The lowest BCUT2D eigenvalue weighted by atomic mass is 10.2. The van der Waals surface area contributed by atoms with Crippen LogP contribution < -0.4 is 9.62 Å². The fourth-order valence-electron chi connectivity index (χ4n) is 2.08. The van der Waals surface area contributed by atoms with Gasteiger partial charge >= 0.3 is 0 Å². The summed E-state index contributed by atoms with van der Waals surface area (Å²) in [7, 11) is -3.68. The number of carbonyl (C=O) groups excluding carboxylic acids is 1. The van der Waals surface area contributed by atoms with Gasteiger partial charge in [0.05, 0.1) is 17.0 Å². The van der Waals surface area contributed by atoms with Crippen molar-refractivity contribution in [2.75, 3.05) is 22.4 Å². The molecule has 0 saturated carbocycles.